The number of hydrogen-bond donors (Lipinski definition) is 3. The molecule has 0 bridgehead atoms. The van der Waals surface area contributed by atoms with Gasteiger partial charge in [0.15, 0.2) is 5.60 Å². The van der Waals surface area contributed by atoms with Crippen LogP contribution in [-0.4, -0.2) is 103 Å². The normalized spacial score (nSPS) is 28.5. The molecular formula is C43H59F2N5O10S. The molecule has 3 heterocycles. The van der Waals surface area contributed by atoms with Crippen molar-refractivity contribution in [2.24, 2.45) is 17.8 Å². The fourth-order valence-corrected chi connectivity index (χ4v) is 10.3. The number of amides is 4. The molecule has 2 saturated carbocycles. The number of nitrogens with one attached hydrogen (secondary N) is 3. The number of sulfonamides is 1. The summed E-state index contributed by atoms with van der Waals surface area (Å²) in [5, 5.41) is 6.68. The first-order valence-electron chi connectivity index (χ1n) is 21.0. The van der Waals surface area contributed by atoms with Crippen molar-refractivity contribution in [1.29, 1.82) is 0 Å². The van der Waals surface area contributed by atoms with E-state index in [9.17, 15) is 36.4 Å². The average Bonchev–Trinajstić information content (AvgIpc) is 4.08. The van der Waals surface area contributed by atoms with Gasteiger partial charge in [-0.25, -0.2) is 22.0 Å². The van der Waals surface area contributed by atoms with Crippen LogP contribution < -0.4 is 29.6 Å². The lowest BCUT2D eigenvalue weighted by Crippen LogP contribution is -2.60. The van der Waals surface area contributed by atoms with Crippen LogP contribution in [0, 0.1) is 17.8 Å². The van der Waals surface area contributed by atoms with Gasteiger partial charge in [-0.2, -0.15) is 4.98 Å². The number of alkyl halides is 2. The topological polar surface area (TPSA) is 192 Å². The van der Waals surface area contributed by atoms with Crippen molar-refractivity contribution in [3.8, 4) is 17.5 Å². The molecule has 2 aliphatic carbocycles. The van der Waals surface area contributed by atoms with Crippen LogP contribution in [0.25, 0.3) is 10.8 Å². The van der Waals surface area contributed by atoms with Crippen LogP contribution in [0.4, 0.5) is 13.6 Å². The summed E-state index contributed by atoms with van der Waals surface area (Å²) in [7, 11) is -1.11. The fourth-order valence-electron chi connectivity index (χ4n) is 8.52. The minimum Gasteiger partial charge on any atom is -0.497 e. The molecule has 18 heteroatoms. The van der Waals surface area contributed by atoms with E-state index in [-0.39, 0.29) is 37.1 Å². The van der Waals surface area contributed by atoms with Gasteiger partial charge in [0.05, 0.1) is 25.5 Å². The van der Waals surface area contributed by atoms with E-state index in [2.05, 4.69) is 20.3 Å². The van der Waals surface area contributed by atoms with E-state index < -0.39 is 85.7 Å². The van der Waals surface area contributed by atoms with Gasteiger partial charge in [-0.05, 0) is 94.2 Å². The van der Waals surface area contributed by atoms with Crippen LogP contribution in [0.1, 0.15) is 99.3 Å². The molecule has 0 spiro atoms. The quantitative estimate of drug-likeness (QED) is 0.219. The summed E-state index contributed by atoms with van der Waals surface area (Å²) < 4.78 is 79.9. The van der Waals surface area contributed by atoms with E-state index in [4.69, 9.17) is 18.9 Å². The van der Waals surface area contributed by atoms with Crippen LogP contribution in [0.2, 0.25) is 0 Å². The number of nitrogens with zero attached hydrogens (tertiary/aromatic N) is 2. The van der Waals surface area contributed by atoms with Gasteiger partial charge in [0.1, 0.15) is 29.5 Å². The van der Waals surface area contributed by atoms with Gasteiger partial charge in [-0.1, -0.05) is 39.3 Å². The average molecular weight is 876 g/mol. The fraction of sp³-hybridized carbons (Fsp3) is 0.651. The summed E-state index contributed by atoms with van der Waals surface area (Å²) >= 11 is 0. The first kappa shape index (κ1) is 45.8. The lowest BCUT2D eigenvalue weighted by molar-refractivity contribution is -0.152. The molecule has 2 aliphatic heterocycles. The van der Waals surface area contributed by atoms with Crippen LogP contribution in [0.5, 0.6) is 17.5 Å². The van der Waals surface area contributed by atoms with Crippen molar-refractivity contribution < 1.29 is 55.3 Å². The molecule has 1 saturated heterocycles. The molecule has 7 atom stereocenters. The van der Waals surface area contributed by atoms with E-state index in [1.54, 1.807) is 31.2 Å². The molecule has 0 unspecified atom stereocenters. The number of halogens is 2. The number of methoxy groups -OCH3 is 2. The summed E-state index contributed by atoms with van der Waals surface area (Å²) in [5.41, 5.74) is -3.86. The molecule has 336 valence electrons. The number of alkyl carbamates (subject to hydrolysis) is 1. The van der Waals surface area contributed by atoms with E-state index in [0.717, 1.165) is 13.8 Å². The molecule has 2 aromatic rings. The van der Waals surface area contributed by atoms with Gasteiger partial charge >= 0.3 is 6.09 Å². The lowest BCUT2D eigenvalue weighted by atomic mass is 9.88. The molecule has 6 rings (SSSR count). The highest BCUT2D eigenvalue weighted by molar-refractivity contribution is 7.91. The highest BCUT2D eigenvalue weighted by atomic mass is 32.2. The predicted molar refractivity (Wildman–Crippen MR) is 222 cm³/mol. The predicted octanol–water partition coefficient (Wildman–Crippen LogP) is 5.79. The third-order valence-corrected chi connectivity index (χ3v) is 15.1. The van der Waals surface area contributed by atoms with Crippen molar-refractivity contribution in [2.45, 2.75) is 139 Å². The van der Waals surface area contributed by atoms with Crippen molar-refractivity contribution in [3.05, 3.63) is 36.4 Å². The zero-order chi connectivity index (χ0) is 44.7. The Morgan fingerprint density at radius 1 is 1.07 bits per heavy atom. The maximum absolute atomic E-state index is 14.9. The number of carbonyl (C=O) groups is 4. The Kier molecular flexibility index (Phi) is 12.9. The first-order chi connectivity index (χ1) is 28.6. The van der Waals surface area contributed by atoms with Gasteiger partial charge in [0, 0.05) is 30.7 Å². The van der Waals surface area contributed by atoms with E-state index in [1.807, 2.05) is 26.0 Å². The van der Waals surface area contributed by atoms with Crippen LogP contribution in [-0.2, 0) is 29.1 Å². The molecule has 1 aromatic carbocycles. The van der Waals surface area contributed by atoms with E-state index in [0.29, 0.717) is 68.4 Å². The van der Waals surface area contributed by atoms with Crippen molar-refractivity contribution >= 4 is 44.6 Å². The van der Waals surface area contributed by atoms with E-state index in [1.165, 1.54) is 19.1 Å². The Hall–Kier alpha value is -4.74. The van der Waals surface area contributed by atoms with Crippen LogP contribution in [0.3, 0.4) is 0 Å². The van der Waals surface area contributed by atoms with Crippen molar-refractivity contribution in [2.75, 3.05) is 20.8 Å². The Labute approximate surface area is 356 Å². The second-order valence-electron chi connectivity index (χ2n) is 17.9. The second kappa shape index (κ2) is 17.2. The van der Waals surface area contributed by atoms with Gasteiger partial charge < -0.3 is 34.5 Å². The maximum atomic E-state index is 14.9. The molecule has 4 aliphatic rings. The zero-order valence-corrected chi connectivity index (χ0v) is 37.0. The minimum absolute atomic E-state index is 0.0104. The highest BCUT2D eigenvalue weighted by Crippen LogP contribution is 2.49. The molecule has 1 aromatic heterocycles. The smallest absolute Gasteiger partial charge is 0.408 e. The molecule has 15 nitrogen and oxygen atoms in total. The highest BCUT2D eigenvalue weighted by Gasteiger charge is 2.63. The number of carbonyl (C=O) groups excluding carboxylic acids is 4. The summed E-state index contributed by atoms with van der Waals surface area (Å²) in [5.74, 6) is -5.85. The second-order valence-corrected chi connectivity index (χ2v) is 20.0. The largest absolute Gasteiger partial charge is 0.497 e. The molecular weight excluding hydrogens is 817 g/mol. The number of fused-ring (bicyclic) bond motifs is 3. The number of hydrogen-bond acceptors (Lipinski definition) is 11. The molecule has 3 N–H and O–H groups in total. The standard InChI is InChI=1S/C43H59F2N5O10S/c1-9-16-42(17-18-42)61(55,56)49-38(53)43-23-28(43)13-11-10-12-25(2)19-26(3)34(47-39(54)60-40(4,5)41(6,44)45)37(52)50-24-30(22-32(50)35(51)48-43)59-36-31-15-14-29(57-7)20-27(31)21-33(46-36)58-8/h11,13-15,20-21,25-26,28,30,32,34H,9-10,12,16-19,22-24H2,1-8H3,(H,47,54)(H,48,51)(H,49,53)/b13-11-/t25-,26-,28-,30-,32+,34+,43-/m1/s1. The summed E-state index contributed by atoms with van der Waals surface area (Å²) in [4.78, 5) is 62.9. The number of rotatable bonds is 12. The monoisotopic (exact) mass is 875 g/mol. The lowest BCUT2D eigenvalue weighted by Gasteiger charge is -2.35. The van der Waals surface area contributed by atoms with Gasteiger partial charge in [0.2, 0.25) is 33.6 Å². The summed E-state index contributed by atoms with van der Waals surface area (Å²) in [6.45, 7) is 8.20. The SMILES string of the molecule is CCCC1(S(=O)(=O)NC(=O)[C@@]23C[C@H]2/C=C\CC[C@@H](C)C[C@@H](C)[C@H](NC(=O)OC(C)(C)C(C)(F)F)C(=O)N2C[C@H](Oc4nc(OC)cc5cc(OC)ccc45)C[C@H]2C(=O)N3)CC1. The third kappa shape index (κ3) is 9.53. The summed E-state index contributed by atoms with van der Waals surface area (Å²) in [6, 6.07) is 4.33. The Bertz CT molecular complexity index is 2150. The van der Waals surface area contributed by atoms with Gasteiger partial charge in [0.25, 0.3) is 11.8 Å². The van der Waals surface area contributed by atoms with Crippen LogP contribution in [0.15, 0.2) is 36.4 Å². The molecule has 61 heavy (non-hydrogen) atoms. The number of pyridine rings is 1. The van der Waals surface area contributed by atoms with Crippen LogP contribution >= 0.6 is 0 Å². The zero-order valence-electron chi connectivity index (χ0n) is 36.1. The summed E-state index contributed by atoms with van der Waals surface area (Å²) in [6.07, 6.45) is 5.16. The number of allylic oxidation sites excluding steroid dienone is 1. The van der Waals surface area contributed by atoms with Gasteiger partial charge in [-0.3, -0.25) is 19.1 Å². The van der Waals surface area contributed by atoms with Crippen molar-refractivity contribution in [1.82, 2.24) is 25.2 Å². The first-order valence-corrected chi connectivity index (χ1v) is 22.5. The molecule has 3 fully saturated rings. The minimum atomic E-state index is -4.09. The Morgan fingerprint density at radius 3 is 2.43 bits per heavy atom. The Morgan fingerprint density at radius 2 is 1.79 bits per heavy atom. The molecule has 4 amide bonds. The Balaban J connectivity index is 1.37. The van der Waals surface area contributed by atoms with E-state index >= 15 is 0 Å². The number of benzene rings is 1. The number of aromatic nitrogens is 1. The third-order valence-electron chi connectivity index (χ3n) is 12.9. The van der Waals surface area contributed by atoms with Crippen molar-refractivity contribution in [3.63, 3.8) is 0 Å². The number of ether oxygens (including phenoxy) is 4. The molecule has 0 radical (unpaired) electrons. The van der Waals surface area contributed by atoms with Gasteiger partial charge in [-0.15, -0.1) is 0 Å². The maximum Gasteiger partial charge on any atom is 0.408 e.